The molecular formula is C77H118O6. The van der Waals surface area contributed by atoms with Crippen LogP contribution >= 0.6 is 0 Å². The monoisotopic (exact) mass is 1140 g/mol. The highest BCUT2D eigenvalue weighted by molar-refractivity contribution is 5.71. The van der Waals surface area contributed by atoms with Gasteiger partial charge >= 0.3 is 17.9 Å². The second-order valence-electron chi connectivity index (χ2n) is 20.9. The predicted octanol–water partition coefficient (Wildman–Crippen LogP) is 23.0. The first kappa shape index (κ1) is 77.2. The maximum absolute atomic E-state index is 12.9. The summed E-state index contributed by atoms with van der Waals surface area (Å²) in [5.41, 5.74) is 0. The number of esters is 3. The van der Waals surface area contributed by atoms with Gasteiger partial charge in [-0.1, -0.05) is 260 Å². The molecule has 0 rings (SSSR count). The molecule has 6 nitrogen and oxygen atoms in total. The molecule has 0 aliphatic carbocycles. The van der Waals surface area contributed by atoms with Crippen LogP contribution in [0.25, 0.3) is 0 Å². The average molecular weight is 1140 g/mol. The number of rotatable bonds is 57. The minimum Gasteiger partial charge on any atom is -0.462 e. The van der Waals surface area contributed by atoms with Crippen LogP contribution in [0.1, 0.15) is 252 Å². The Morgan fingerprint density at radius 1 is 0.253 bits per heavy atom. The first-order valence-corrected chi connectivity index (χ1v) is 32.9. The number of carbonyl (C=O) groups excluding carboxylic acids is 3. The zero-order valence-electron chi connectivity index (χ0n) is 52.9. The molecule has 0 saturated carbocycles. The van der Waals surface area contributed by atoms with Gasteiger partial charge in [0.05, 0.1) is 0 Å². The number of hydrogen-bond acceptors (Lipinski definition) is 6. The van der Waals surface area contributed by atoms with Crippen molar-refractivity contribution in [2.75, 3.05) is 13.2 Å². The molecule has 0 saturated heterocycles. The molecule has 0 aromatic rings. The van der Waals surface area contributed by atoms with E-state index in [0.717, 1.165) is 161 Å². The van der Waals surface area contributed by atoms with Crippen LogP contribution in [0.5, 0.6) is 0 Å². The largest absolute Gasteiger partial charge is 0.462 e. The zero-order valence-corrected chi connectivity index (χ0v) is 52.9. The minimum absolute atomic E-state index is 0.120. The minimum atomic E-state index is -0.831. The molecule has 0 spiro atoms. The molecule has 462 valence electrons. The van der Waals surface area contributed by atoms with Gasteiger partial charge in [0.15, 0.2) is 6.10 Å². The molecule has 0 aromatic heterocycles. The molecule has 1 atom stereocenters. The van der Waals surface area contributed by atoms with E-state index in [-0.39, 0.29) is 44.0 Å². The second kappa shape index (κ2) is 68.7. The number of allylic oxidation sites excluding steroid dienone is 32. The Balaban J connectivity index is 4.54. The fraction of sp³-hybridized carbons (Fsp3) is 0.545. The van der Waals surface area contributed by atoms with E-state index < -0.39 is 6.10 Å². The fourth-order valence-corrected chi connectivity index (χ4v) is 8.20. The summed E-state index contributed by atoms with van der Waals surface area (Å²) >= 11 is 0. The molecule has 83 heavy (non-hydrogen) atoms. The molecule has 0 amide bonds. The Labute approximate surface area is 509 Å². The van der Waals surface area contributed by atoms with Crippen molar-refractivity contribution in [2.24, 2.45) is 0 Å². The lowest BCUT2D eigenvalue weighted by atomic mass is 10.1. The summed E-state index contributed by atoms with van der Waals surface area (Å²) in [7, 11) is 0. The maximum atomic E-state index is 12.9. The van der Waals surface area contributed by atoms with Crippen molar-refractivity contribution in [3.05, 3.63) is 194 Å². The van der Waals surface area contributed by atoms with Crippen molar-refractivity contribution in [2.45, 2.75) is 258 Å². The van der Waals surface area contributed by atoms with Crippen LogP contribution in [0.3, 0.4) is 0 Å². The molecule has 6 heteroatoms. The summed E-state index contributed by atoms with van der Waals surface area (Å²) in [4.78, 5) is 38.3. The lowest BCUT2D eigenvalue weighted by Gasteiger charge is -2.18. The van der Waals surface area contributed by atoms with Gasteiger partial charge in [-0.25, -0.2) is 0 Å². The van der Waals surface area contributed by atoms with Gasteiger partial charge < -0.3 is 14.2 Å². The van der Waals surface area contributed by atoms with Crippen LogP contribution in [0, 0.1) is 0 Å². The van der Waals surface area contributed by atoms with Gasteiger partial charge in [0.2, 0.25) is 0 Å². The van der Waals surface area contributed by atoms with E-state index in [2.05, 4.69) is 215 Å². The molecule has 0 fully saturated rings. The Morgan fingerprint density at radius 3 is 0.783 bits per heavy atom. The van der Waals surface area contributed by atoms with Crippen molar-refractivity contribution >= 4 is 17.9 Å². The third kappa shape index (κ3) is 66.9. The standard InChI is InChI=1S/C77H118O6/c1-4-7-10-13-16-19-22-25-27-29-31-33-35-37-38-40-41-43-45-47-49-52-55-58-61-64-67-70-76(79)82-73-74(72-81-75(78)69-66-63-60-57-54-51-24-21-18-15-12-9-6-3)83-77(80)71-68-65-62-59-56-53-50-48-46-44-42-39-36-34-32-30-28-26-23-20-17-14-11-8-5-2/h7-8,10-11,16-17,19-21,24-28,31-34,37-39,41-43,46-49,53,55-56,58,74H,4-6,9,12-15,18,22-23,29-30,35-36,40,44-45,50-52,54,57,59-73H2,1-3H3/b10-7-,11-8-,19-16-,20-17-,24-21-,27-25-,28-26-,33-31-,34-32-,38-37-,42-39-,43-41-,48-46-,49-47-,56-53-,58-55-. The molecule has 0 aromatic carbocycles. The van der Waals surface area contributed by atoms with Crippen molar-refractivity contribution in [1.82, 2.24) is 0 Å². The van der Waals surface area contributed by atoms with Crippen molar-refractivity contribution < 1.29 is 28.6 Å². The van der Waals surface area contributed by atoms with E-state index in [4.69, 9.17) is 14.2 Å². The highest BCUT2D eigenvalue weighted by Gasteiger charge is 2.19. The molecule has 0 bridgehead atoms. The van der Waals surface area contributed by atoms with Crippen LogP contribution in [0.4, 0.5) is 0 Å². The van der Waals surface area contributed by atoms with Gasteiger partial charge in [-0.2, -0.15) is 0 Å². The molecule has 1 unspecified atom stereocenters. The van der Waals surface area contributed by atoms with Crippen molar-refractivity contribution in [3.8, 4) is 0 Å². The topological polar surface area (TPSA) is 78.9 Å². The van der Waals surface area contributed by atoms with E-state index in [1.54, 1.807) is 0 Å². The average Bonchev–Trinajstić information content (AvgIpc) is 3.49. The van der Waals surface area contributed by atoms with E-state index in [9.17, 15) is 14.4 Å². The van der Waals surface area contributed by atoms with Crippen LogP contribution in [0.15, 0.2) is 194 Å². The summed E-state index contributed by atoms with van der Waals surface area (Å²) in [6, 6.07) is 0. The maximum Gasteiger partial charge on any atom is 0.306 e. The van der Waals surface area contributed by atoms with E-state index in [0.29, 0.717) is 19.3 Å². The molecule has 0 radical (unpaired) electrons. The van der Waals surface area contributed by atoms with Gasteiger partial charge in [0.1, 0.15) is 13.2 Å². The Bertz CT molecular complexity index is 1990. The normalized spacial score (nSPS) is 13.4. The predicted molar refractivity (Wildman–Crippen MR) is 361 cm³/mol. The lowest BCUT2D eigenvalue weighted by molar-refractivity contribution is -0.167. The van der Waals surface area contributed by atoms with Crippen LogP contribution in [-0.4, -0.2) is 37.2 Å². The Kier molecular flexibility index (Phi) is 64.0. The van der Waals surface area contributed by atoms with Gasteiger partial charge in [-0.05, 0) is 167 Å². The summed E-state index contributed by atoms with van der Waals surface area (Å²) < 4.78 is 16.8. The smallest absolute Gasteiger partial charge is 0.306 e. The third-order valence-corrected chi connectivity index (χ3v) is 13.1. The number of hydrogen-bond donors (Lipinski definition) is 0. The molecule has 0 aliphatic heterocycles. The number of ether oxygens (including phenoxy) is 3. The summed E-state index contributed by atoms with van der Waals surface area (Å²) in [6.07, 6.45) is 104. The molecular weight excluding hydrogens is 1020 g/mol. The van der Waals surface area contributed by atoms with E-state index in [1.165, 1.54) is 38.5 Å². The van der Waals surface area contributed by atoms with Crippen molar-refractivity contribution in [1.29, 1.82) is 0 Å². The molecule has 0 heterocycles. The van der Waals surface area contributed by atoms with E-state index in [1.807, 2.05) is 0 Å². The first-order valence-electron chi connectivity index (χ1n) is 32.9. The molecule has 0 N–H and O–H groups in total. The van der Waals surface area contributed by atoms with Crippen LogP contribution < -0.4 is 0 Å². The second-order valence-corrected chi connectivity index (χ2v) is 20.9. The van der Waals surface area contributed by atoms with Crippen molar-refractivity contribution in [3.63, 3.8) is 0 Å². The summed E-state index contributed by atoms with van der Waals surface area (Å²) in [5.74, 6) is -1.02. The van der Waals surface area contributed by atoms with Gasteiger partial charge in [0, 0.05) is 19.3 Å². The first-order chi connectivity index (χ1) is 41.0. The van der Waals surface area contributed by atoms with Gasteiger partial charge in [0.25, 0.3) is 0 Å². The van der Waals surface area contributed by atoms with Gasteiger partial charge in [-0.15, -0.1) is 0 Å². The van der Waals surface area contributed by atoms with E-state index >= 15 is 0 Å². The Morgan fingerprint density at radius 2 is 0.470 bits per heavy atom. The highest BCUT2D eigenvalue weighted by Crippen LogP contribution is 2.13. The fourth-order valence-electron chi connectivity index (χ4n) is 8.20. The molecule has 0 aliphatic rings. The third-order valence-electron chi connectivity index (χ3n) is 13.1. The quantitative estimate of drug-likeness (QED) is 0.0261. The van der Waals surface area contributed by atoms with Gasteiger partial charge in [-0.3, -0.25) is 14.4 Å². The highest BCUT2D eigenvalue weighted by atomic mass is 16.6. The summed E-state index contributed by atoms with van der Waals surface area (Å²) in [5, 5.41) is 0. The number of carbonyl (C=O) groups is 3. The SMILES string of the molecule is CC/C=C\C/C=C\C/C=C\C/C=C\C/C=C\C/C=C\C/C=C\C/C=C\CCCCC(=O)OCC(COC(=O)CCCCCCC/C=C\CCCCCC)OC(=O)CCCCC/C=C\C/C=C\C/C=C\C/C=C\C/C=C\C/C=C\C/C=C\CC. The number of unbranched alkanes of at least 4 members (excludes halogenated alkanes) is 14. The summed E-state index contributed by atoms with van der Waals surface area (Å²) in [6.45, 7) is 6.31. The van der Waals surface area contributed by atoms with Crippen LogP contribution in [-0.2, 0) is 28.6 Å². The van der Waals surface area contributed by atoms with Crippen LogP contribution in [0.2, 0.25) is 0 Å². The lowest BCUT2D eigenvalue weighted by Crippen LogP contribution is -2.30. The zero-order chi connectivity index (χ0) is 59.9. The Hall–Kier alpha value is -5.75.